The van der Waals surface area contributed by atoms with E-state index in [1.165, 1.54) is 5.45 Å². The van der Waals surface area contributed by atoms with Gasteiger partial charge in [-0.05, 0) is 51.4 Å². The molecule has 136 valence electrons. The highest BCUT2D eigenvalue weighted by Crippen LogP contribution is 2.31. The van der Waals surface area contributed by atoms with E-state index in [4.69, 9.17) is 28.2 Å². The number of para-hydroxylation sites is 1. The largest absolute Gasteiger partial charge is 0.369 e. The average Bonchev–Trinajstić information content (AvgIpc) is 2.62. The molecule has 0 amide bonds. The van der Waals surface area contributed by atoms with Crippen molar-refractivity contribution in [2.24, 2.45) is 4.99 Å². The molecule has 1 N–H and O–H groups in total. The van der Waals surface area contributed by atoms with E-state index in [9.17, 15) is 0 Å². The van der Waals surface area contributed by atoms with Crippen LogP contribution in [0.5, 0.6) is 0 Å². The summed E-state index contributed by atoms with van der Waals surface area (Å²) < 4.78 is 0. The van der Waals surface area contributed by atoms with Crippen LogP contribution in [0.15, 0.2) is 59.4 Å². The Morgan fingerprint density at radius 2 is 1.93 bits per heavy atom. The zero-order valence-electron chi connectivity index (χ0n) is 14.4. The Morgan fingerprint density at radius 1 is 1.07 bits per heavy atom. The Bertz CT molecular complexity index is 1050. The maximum absolute atomic E-state index is 6.36. The van der Waals surface area contributed by atoms with Crippen LogP contribution in [0.3, 0.4) is 0 Å². The van der Waals surface area contributed by atoms with Crippen molar-refractivity contribution in [2.45, 2.75) is 6.42 Å². The lowest BCUT2D eigenvalue weighted by Crippen LogP contribution is -2.07. The van der Waals surface area contributed by atoms with Crippen molar-refractivity contribution in [3.8, 4) is 11.4 Å². The number of aliphatic imine (C=N–C) groups is 1. The van der Waals surface area contributed by atoms with E-state index in [0.29, 0.717) is 15.9 Å². The number of benzene rings is 2. The summed E-state index contributed by atoms with van der Waals surface area (Å²) in [6.07, 6.45) is 3.02. The van der Waals surface area contributed by atoms with Gasteiger partial charge in [-0.1, -0.05) is 41.2 Å². The minimum absolute atomic E-state index is 0.536. The fourth-order valence-corrected chi connectivity index (χ4v) is 3.76. The predicted molar refractivity (Wildman–Crippen MR) is 118 cm³/mol. The fourth-order valence-electron chi connectivity index (χ4n) is 2.74. The zero-order chi connectivity index (χ0) is 18.6. The molecule has 1 unspecified atom stereocenters. The lowest BCUT2D eigenvalue weighted by atomic mass is 10.1. The molecule has 0 spiro atoms. The van der Waals surface area contributed by atoms with E-state index >= 15 is 0 Å². The summed E-state index contributed by atoms with van der Waals surface area (Å²) in [4.78, 5) is 13.9. The van der Waals surface area contributed by atoms with Crippen molar-refractivity contribution in [2.75, 3.05) is 18.4 Å². The summed E-state index contributed by atoms with van der Waals surface area (Å²) in [6, 6.07) is 13.3. The lowest BCUT2D eigenvalue weighted by molar-refractivity contribution is 0.874. The second-order valence-corrected chi connectivity index (χ2v) is 8.04. The Kier molecular flexibility index (Phi) is 5.68. The van der Waals surface area contributed by atoms with Crippen LogP contribution in [0, 0.1) is 0 Å². The maximum atomic E-state index is 6.36. The first-order chi connectivity index (χ1) is 13.2. The summed E-state index contributed by atoms with van der Waals surface area (Å²) in [6.45, 7) is 1.61. The van der Waals surface area contributed by atoms with Crippen LogP contribution in [0.2, 0.25) is 10.0 Å². The fraction of sp³-hybridized carbons (Fsp3) is 0.150. The van der Waals surface area contributed by atoms with Gasteiger partial charge in [0.25, 0.3) is 0 Å². The maximum Gasteiger partial charge on any atom is 0.163 e. The van der Waals surface area contributed by atoms with Gasteiger partial charge in [0.05, 0.1) is 16.0 Å². The minimum atomic E-state index is 0.536. The number of allylic oxidation sites excluding steroid dienone is 1. The summed E-state index contributed by atoms with van der Waals surface area (Å²) in [5.74, 6) is 3.53. The van der Waals surface area contributed by atoms with Crippen molar-refractivity contribution in [3.05, 3.63) is 64.4 Å². The van der Waals surface area contributed by atoms with Crippen LogP contribution in [-0.4, -0.2) is 28.5 Å². The molecule has 2 aromatic carbocycles. The Morgan fingerprint density at radius 3 is 2.70 bits per heavy atom. The highest BCUT2D eigenvalue weighted by molar-refractivity contribution is 7.65. The number of hydrogen-bond donors (Lipinski definition) is 1. The van der Waals surface area contributed by atoms with Crippen molar-refractivity contribution >= 4 is 54.0 Å². The van der Waals surface area contributed by atoms with Crippen molar-refractivity contribution in [1.82, 2.24) is 9.97 Å². The molecule has 0 saturated heterocycles. The molecule has 7 heteroatoms. The summed E-state index contributed by atoms with van der Waals surface area (Å²) in [7, 11) is 0.770. The molecule has 27 heavy (non-hydrogen) atoms. The van der Waals surface area contributed by atoms with Crippen molar-refractivity contribution in [3.63, 3.8) is 0 Å². The first-order valence-electron chi connectivity index (χ1n) is 8.64. The average molecular weight is 415 g/mol. The number of halogens is 2. The third-order valence-electron chi connectivity index (χ3n) is 4.16. The molecule has 4 rings (SSSR count). The monoisotopic (exact) mass is 414 g/mol. The van der Waals surface area contributed by atoms with Crippen LogP contribution >= 0.6 is 31.8 Å². The highest BCUT2D eigenvalue weighted by Gasteiger charge is 2.12. The van der Waals surface area contributed by atoms with E-state index in [1.54, 1.807) is 12.1 Å². The number of nitrogens with one attached hydrogen (secondary N) is 1. The molecule has 4 nitrogen and oxygen atoms in total. The van der Waals surface area contributed by atoms with Gasteiger partial charge in [-0.3, -0.25) is 4.99 Å². The second kappa shape index (κ2) is 8.35. The topological polar surface area (TPSA) is 50.2 Å². The number of hydrogen-bond acceptors (Lipinski definition) is 4. The van der Waals surface area contributed by atoms with Gasteiger partial charge in [0.15, 0.2) is 5.82 Å². The summed E-state index contributed by atoms with van der Waals surface area (Å²) in [5, 5.41) is 5.55. The Balaban J connectivity index is 1.59. The van der Waals surface area contributed by atoms with Crippen molar-refractivity contribution < 1.29 is 0 Å². The number of fused-ring (bicyclic) bond motifs is 1. The molecule has 0 radical (unpaired) electrons. The second-order valence-electron chi connectivity index (χ2n) is 6.06. The third-order valence-corrected chi connectivity index (χ3v) is 5.66. The molecule has 1 atom stereocenters. The molecule has 2 heterocycles. The summed E-state index contributed by atoms with van der Waals surface area (Å²) in [5.41, 5.74) is 2.85. The molecule has 1 aliphatic heterocycles. The summed E-state index contributed by atoms with van der Waals surface area (Å²) >= 11 is 12.4. The molecular weight excluding hydrogens is 398 g/mol. The lowest BCUT2D eigenvalue weighted by Gasteiger charge is -2.12. The number of rotatable bonds is 6. The van der Waals surface area contributed by atoms with Gasteiger partial charge in [0.2, 0.25) is 0 Å². The quantitative estimate of drug-likeness (QED) is 0.396. The highest BCUT2D eigenvalue weighted by atomic mass is 35.5. The van der Waals surface area contributed by atoms with Gasteiger partial charge < -0.3 is 5.32 Å². The first kappa shape index (κ1) is 18.4. The molecule has 1 aromatic heterocycles. The molecule has 0 saturated carbocycles. The standard InChI is InChI=1S/C20H17Cl2N4P/c21-13-6-7-14(16(22)12-13)20-25-17-5-2-1-4-15(17)19(26-20)24-10-3-9-23-18-8-11-27-18/h1-2,4-8,11-12,27H,3,9-10H2,(H,24,25,26). The van der Waals surface area contributed by atoms with Gasteiger partial charge >= 0.3 is 0 Å². The molecule has 0 bridgehead atoms. The van der Waals surface area contributed by atoms with E-state index in [2.05, 4.69) is 27.2 Å². The normalized spacial score (nSPS) is 15.4. The van der Waals surface area contributed by atoms with Crippen LogP contribution < -0.4 is 5.32 Å². The van der Waals surface area contributed by atoms with Gasteiger partial charge in [-0.2, -0.15) is 0 Å². The third kappa shape index (κ3) is 4.30. The smallest absolute Gasteiger partial charge is 0.163 e. The number of anilines is 1. The van der Waals surface area contributed by atoms with Gasteiger partial charge in [-0.15, -0.1) is 0 Å². The van der Waals surface area contributed by atoms with Crippen LogP contribution in [0.4, 0.5) is 5.82 Å². The van der Waals surface area contributed by atoms with Crippen LogP contribution in [0.25, 0.3) is 22.3 Å². The van der Waals surface area contributed by atoms with E-state index in [1.807, 2.05) is 30.3 Å². The van der Waals surface area contributed by atoms with E-state index in [-0.39, 0.29) is 0 Å². The SMILES string of the molecule is Clc1ccc(-c2nc(NCCCN=C3C=CP3)c3ccccc3n2)c(Cl)c1. The Hall–Kier alpha value is -2.00. The predicted octanol–water partition coefficient (Wildman–Crippen LogP) is 6.01. The molecule has 0 aliphatic carbocycles. The number of aromatic nitrogens is 2. The van der Waals surface area contributed by atoms with E-state index in [0.717, 1.165) is 50.4 Å². The van der Waals surface area contributed by atoms with Gasteiger partial charge in [0.1, 0.15) is 5.82 Å². The molecule has 0 fully saturated rings. The van der Waals surface area contributed by atoms with Crippen molar-refractivity contribution in [1.29, 1.82) is 0 Å². The zero-order valence-corrected chi connectivity index (χ0v) is 16.9. The van der Waals surface area contributed by atoms with Crippen LogP contribution in [-0.2, 0) is 0 Å². The Labute approximate surface area is 169 Å². The molecular formula is C20H17Cl2N4P. The van der Waals surface area contributed by atoms with Gasteiger partial charge in [0, 0.05) is 29.1 Å². The van der Waals surface area contributed by atoms with Crippen LogP contribution in [0.1, 0.15) is 6.42 Å². The number of nitrogens with zero attached hydrogens (tertiary/aromatic N) is 3. The minimum Gasteiger partial charge on any atom is -0.369 e. The van der Waals surface area contributed by atoms with E-state index < -0.39 is 0 Å². The molecule has 3 aromatic rings. The first-order valence-corrected chi connectivity index (χ1v) is 10.5. The van der Waals surface area contributed by atoms with Gasteiger partial charge in [-0.25, -0.2) is 9.97 Å². The molecule has 1 aliphatic rings.